The molecule has 0 saturated carbocycles. The number of pyridine rings is 1. The summed E-state index contributed by atoms with van der Waals surface area (Å²) in [6, 6.07) is 8.92. The van der Waals surface area contributed by atoms with Gasteiger partial charge in [0, 0.05) is 18.3 Å². The van der Waals surface area contributed by atoms with Crippen LogP contribution in [-0.2, 0) is 0 Å². The molecule has 1 unspecified atom stereocenters. The van der Waals surface area contributed by atoms with Crippen LogP contribution in [0.3, 0.4) is 0 Å². The first-order valence-corrected chi connectivity index (χ1v) is 8.81. The van der Waals surface area contributed by atoms with Crippen molar-refractivity contribution >= 4 is 5.91 Å². The quantitative estimate of drug-likeness (QED) is 0.911. The number of hydrogen-bond acceptors (Lipinski definition) is 2. The number of rotatable bonds is 2. The molecule has 130 valence electrons. The van der Waals surface area contributed by atoms with Crippen LogP contribution in [0.5, 0.6) is 0 Å². The van der Waals surface area contributed by atoms with Crippen molar-refractivity contribution in [3.8, 4) is 0 Å². The van der Waals surface area contributed by atoms with Crippen molar-refractivity contribution in [3.05, 3.63) is 69.4 Å². The molecular formula is C20H21FN2O2. The minimum Gasteiger partial charge on any atom is -0.332 e. The van der Waals surface area contributed by atoms with E-state index in [1.54, 1.807) is 19.1 Å². The van der Waals surface area contributed by atoms with E-state index in [4.69, 9.17) is 0 Å². The number of nitrogens with one attached hydrogen (secondary N) is 1. The number of carbonyl (C=O) groups excluding carboxylic acids is 1. The minimum absolute atomic E-state index is 0.154. The summed E-state index contributed by atoms with van der Waals surface area (Å²) in [7, 11) is 0. The molecule has 2 saturated heterocycles. The second kappa shape index (κ2) is 6.14. The van der Waals surface area contributed by atoms with Gasteiger partial charge in [0.1, 0.15) is 11.4 Å². The summed E-state index contributed by atoms with van der Waals surface area (Å²) in [4.78, 5) is 29.3. The molecule has 2 aromatic rings. The first-order valence-electron chi connectivity index (χ1n) is 8.81. The first kappa shape index (κ1) is 16.1. The fraction of sp³-hybridized carbons (Fsp3) is 0.400. The predicted molar refractivity (Wildman–Crippen MR) is 93.2 cm³/mol. The highest BCUT2D eigenvalue weighted by Gasteiger charge is 2.44. The van der Waals surface area contributed by atoms with Gasteiger partial charge < -0.3 is 9.88 Å². The molecule has 4 nitrogen and oxygen atoms in total. The molecule has 4 rings (SSSR count). The summed E-state index contributed by atoms with van der Waals surface area (Å²) in [5.41, 5.74) is 1.71. The number of piperidine rings is 1. The number of carbonyl (C=O) groups is 1. The Morgan fingerprint density at radius 3 is 2.56 bits per heavy atom. The zero-order valence-corrected chi connectivity index (χ0v) is 14.2. The van der Waals surface area contributed by atoms with Crippen molar-refractivity contribution in [3.63, 3.8) is 0 Å². The molecule has 1 amide bonds. The molecule has 2 bridgehead atoms. The third kappa shape index (κ3) is 2.77. The SMILES string of the molecule is Cc1cc(C2C[C@H]3CC[C@@H](C2)N3C(=O)c2ccc[nH]c2=O)ccc1F. The molecule has 1 aromatic carbocycles. The van der Waals surface area contributed by atoms with Gasteiger partial charge in [-0.25, -0.2) is 4.39 Å². The third-order valence-electron chi connectivity index (χ3n) is 5.67. The van der Waals surface area contributed by atoms with E-state index < -0.39 is 0 Å². The standard InChI is InChI=1S/C20H21FN2O2/c1-12-9-13(4-7-18(12)21)14-10-15-5-6-16(11-14)23(15)20(25)17-3-2-8-22-19(17)24/h2-4,7-9,14-16H,5-6,10-11H2,1H3,(H,22,24)/t14?,15-,16+. The van der Waals surface area contributed by atoms with Gasteiger partial charge in [0.15, 0.2) is 0 Å². The molecule has 3 heterocycles. The molecule has 0 spiro atoms. The van der Waals surface area contributed by atoms with E-state index in [2.05, 4.69) is 4.98 Å². The number of aromatic nitrogens is 1. The highest BCUT2D eigenvalue weighted by Crippen LogP contribution is 2.43. The minimum atomic E-state index is -0.330. The van der Waals surface area contributed by atoms with Crippen molar-refractivity contribution in [2.24, 2.45) is 0 Å². The molecule has 2 fully saturated rings. The number of nitrogens with zero attached hydrogens (tertiary/aromatic N) is 1. The predicted octanol–water partition coefficient (Wildman–Crippen LogP) is 3.37. The number of hydrogen-bond donors (Lipinski definition) is 1. The molecule has 3 atom stereocenters. The van der Waals surface area contributed by atoms with Gasteiger partial charge >= 0.3 is 0 Å². The van der Waals surface area contributed by atoms with Gasteiger partial charge in [-0.3, -0.25) is 9.59 Å². The van der Waals surface area contributed by atoms with Crippen molar-refractivity contribution in [1.82, 2.24) is 9.88 Å². The topological polar surface area (TPSA) is 53.2 Å². The van der Waals surface area contributed by atoms with Crippen molar-refractivity contribution in [2.75, 3.05) is 0 Å². The lowest BCUT2D eigenvalue weighted by atomic mass is 9.84. The van der Waals surface area contributed by atoms with Gasteiger partial charge in [-0.2, -0.15) is 0 Å². The Labute approximate surface area is 145 Å². The number of H-pyrrole nitrogens is 1. The Balaban J connectivity index is 1.58. The summed E-state index contributed by atoms with van der Waals surface area (Å²) in [6.45, 7) is 1.79. The molecule has 0 aliphatic carbocycles. The molecule has 2 aliphatic heterocycles. The highest BCUT2D eigenvalue weighted by molar-refractivity contribution is 5.94. The molecule has 0 radical (unpaired) electrons. The summed E-state index contributed by atoms with van der Waals surface area (Å²) in [5, 5.41) is 0. The summed E-state index contributed by atoms with van der Waals surface area (Å²) in [5.74, 6) is 0.000586. The number of aromatic amines is 1. The van der Waals surface area contributed by atoms with Crippen LogP contribution >= 0.6 is 0 Å². The van der Waals surface area contributed by atoms with Crippen molar-refractivity contribution in [1.29, 1.82) is 0 Å². The van der Waals surface area contributed by atoms with Crippen LogP contribution in [0, 0.1) is 12.7 Å². The van der Waals surface area contributed by atoms with Crippen LogP contribution in [0.4, 0.5) is 4.39 Å². The number of halogens is 1. The van der Waals surface area contributed by atoms with Crippen molar-refractivity contribution in [2.45, 2.75) is 50.6 Å². The van der Waals surface area contributed by atoms with Crippen LogP contribution in [0.2, 0.25) is 0 Å². The molecule has 1 aromatic heterocycles. The normalized spacial score (nSPS) is 25.2. The lowest BCUT2D eigenvalue weighted by Gasteiger charge is -2.39. The Morgan fingerprint density at radius 1 is 1.20 bits per heavy atom. The van der Waals surface area contributed by atoms with Crippen LogP contribution < -0.4 is 5.56 Å². The average molecular weight is 340 g/mol. The fourth-order valence-corrected chi connectivity index (χ4v) is 4.43. The summed E-state index contributed by atoms with van der Waals surface area (Å²) < 4.78 is 13.5. The second-order valence-corrected chi connectivity index (χ2v) is 7.19. The molecular weight excluding hydrogens is 319 g/mol. The van der Waals surface area contributed by atoms with E-state index in [0.29, 0.717) is 11.5 Å². The Hall–Kier alpha value is -2.43. The van der Waals surface area contributed by atoms with Gasteiger partial charge in [0.2, 0.25) is 0 Å². The molecule has 2 aliphatic rings. The monoisotopic (exact) mass is 340 g/mol. The second-order valence-electron chi connectivity index (χ2n) is 7.19. The number of benzene rings is 1. The Morgan fingerprint density at radius 2 is 1.92 bits per heavy atom. The summed E-state index contributed by atoms with van der Waals surface area (Å²) >= 11 is 0. The van der Waals surface area contributed by atoms with E-state index in [1.165, 1.54) is 12.3 Å². The van der Waals surface area contributed by atoms with Crippen LogP contribution in [0.15, 0.2) is 41.3 Å². The third-order valence-corrected chi connectivity index (χ3v) is 5.67. The van der Waals surface area contributed by atoms with Crippen LogP contribution in [0.25, 0.3) is 0 Å². The zero-order valence-electron chi connectivity index (χ0n) is 14.2. The van der Waals surface area contributed by atoms with E-state index in [1.807, 2.05) is 17.0 Å². The van der Waals surface area contributed by atoms with E-state index in [-0.39, 0.29) is 34.9 Å². The van der Waals surface area contributed by atoms with Gasteiger partial charge in [0.25, 0.3) is 11.5 Å². The number of aryl methyl sites for hydroxylation is 1. The summed E-state index contributed by atoms with van der Waals surface area (Å²) in [6.07, 6.45) is 5.22. The largest absolute Gasteiger partial charge is 0.332 e. The number of amides is 1. The average Bonchev–Trinajstić information content (AvgIpc) is 2.87. The highest BCUT2D eigenvalue weighted by atomic mass is 19.1. The Bertz CT molecular complexity index is 862. The number of fused-ring (bicyclic) bond motifs is 2. The van der Waals surface area contributed by atoms with E-state index >= 15 is 0 Å². The lowest BCUT2D eigenvalue weighted by Crippen LogP contribution is -2.47. The van der Waals surface area contributed by atoms with Gasteiger partial charge in [-0.15, -0.1) is 0 Å². The maximum atomic E-state index is 13.5. The van der Waals surface area contributed by atoms with Gasteiger partial charge in [-0.1, -0.05) is 12.1 Å². The van der Waals surface area contributed by atoms with Crippen LogP contribution in [-0.4, -0.2) is 27.9 Å². The van der Waals surface area contributed by atoms with E-state index in [0.717, 1.165) is 31.2 Å². The van der Waals surface area contributed by atoms with E-state index in [9.17, 15) is 14.0 Å². The first-order chi connectivity index (χ1) is 12.0. The molecule has 5 heteroatoms. The van der Waals surface area contributed by atoms with Crippen LogP contribution in [0.1, 0.15) is 53.1 Å². The maximum Gasteiger partial charge on any atom is 0.260 e. The van der Waals surface area contributed by atoms with Gasteiger partial charge in [0.05, 0.1) is 0 Å². The zero-order chi connectivity index (χ0) is 17.6. The lowest BCUT2D eigenvalue weighted by molar-refractivity contribution is 0.0569. The maximum absolute atomic E-state index is 13.5. The fourth-order valence-electron chi connectivity index (χ4n) is 4.43. The Kier molecular flexibility index (Phi) is 3.94. The molecule has 25 heavy (non-hydrogen) atoms. The van der Waals surface area contributed by atoms with Crippen molar-refractivity contribution < 1.29 is 9.18 Å². The molecule has 1 N–H and O–H groups in total. The van der Waals surface area contributed by atoms with Gasteiger partial charge in [-0.05, 0) is 67.9 Å². The smallest absolute Gasteiger partial charge is 0.260 e.